The molecule has 3 saturated carbocycles. The number of aromatic hydroxyl groups is 1. The summed E-state index contributed by atoms with van der Waals surface area (Å²) < 4.78 is 0. The predicted octanol–water partition coefficient (Wildman–Crippen LogP) is 4.60. The van der Waals surface area contributed by atoms with Crippen molar-refractivity contribution in [3.05, 3.63) is 27.7 Å². The average Bonchev–Trinajstić information content (AvgIpc) is 2.52. The lowest BCUT2D eigenvalue weighted by atomic mass is 9.32. The molecule has 0 bridgehead atoms. The van der Waals surface area contributed by atoms with E-state index in [1.165, 1.54) is 52.8 Å². The van der Waals surface area contributed by atoms with Gasteiger partial charge in [0.2, 0.25) is 0 Å². The number of phenolic OH excluding ortho intramolecular Hbond substituents is 1. The zero-order valence-corrected chi connectivity index (χ0v) is 14.6. The van der Waals surface area contributed by atoms with Crippen molar-refractivity contribution in [3.8, 4) is 5.75 Å². The first-order chi connectivity index (χ1) is 10.7. The molecule has 0 unspecified atom stereocenters. The van der Waals surface area contributed by atoms with E-state index in [1.54, 1.807) is 18.3 Å². The summed E-state index contributed by atoms with van der Waals surface area (Å²) in [7, 11) is -0.734. The van der Waals surface area contributed by atoms with E-state index >= 15 is 0 Å². The van der Waals surface area contributed by atoms with E-state index in [9.17, 15) is 5.11 Å². The van der Waals surface area contributed by atoms with Gasteiger partial charge >= 0.3 is 0 Å². The second kappa shape index (κ2) is 3.76. The molecule has 1 N–H and O–H groups in total. The van der Waals surface area contributed by atoms with Gasteiger partial charge in [0.05, 0.1) is 13.1 Å². The number of hydrogen-bond acceptors (Lipinski definition) is 2. The fourth-order valence-corrected chi connectivity index (χ4v) is 17.0. The van der Waals surface area contributed by atoms with Crippen molar-refractivity contribution in [2.75, 3.05) is 6.54 Å². The Kier molecular flexibility index (Phi) is 2.20. The fraction of sp³-hybridized carbons (Fsp3) is 0.588. The Bertz CT molecular complexity index is 698. The Labute approximate surface area is 140 Å². The molecule has 3 aliphatic heterocycles. The Morgan fingerprint density at radius 1 is 1.09 bits per heavy atom. The number of halogens is 2. The molecule has 0 spiro atoms. The van der Waals surface area contributed by atoms with Gasteiger partial charge in [-0.3, -0.25) is 4.99 Å². The lowest BCUT2D eigenvalue weighted by molar-refractivity contribution is -0.293. The maximum atomic E-state index is 9.90. The summed E-state index contributed by atoms with van der Waals surface area (Å²) in [5.74, 6) is 5.02. The molecule has 1 aromatic carbocycles. The van der Waals surface area contributed by atoms with Crippen LogP contribution >= 0.6 is 23.2 Å². The lowest BCUT2D eigenvalue weighted by Gasteiger charge is -3.07. The third-order valence-corrected chi connectivity index (χ3v) is 15.6. The first-order valence-corrected chi connectivity index (χ1v) is 11.5. The molecule has 2 nitrogen and oxygen atoms in total. The van der Waals surface area contributed by atoms with Crippen LogP contribution in [0.25, 0.3) is 0 Å². The van der Waals surface area contributed by atoms with Crippen molar-refractivity contribution in [3.63, 3.8) is 0 Å². The Morgan fingerprint density at radius 3 is 2.45 bits per heavy atom. The van der Waals surface area contributed by atoms with E-state index in [4.69, 9.17) is 23.2 Å². The van der Waals surface area contributed by atoms with E-state index in [1.807, 2.05) is 0 Å². The van der Waals surface area contributed by atoms with Crippen LogP contribution in [0, 0.1) is 23.7 Å². The quantitative estimate of drug-likeness (QED) is 0.470. The standard InChI is InChI=1S/C17H17Cl2NOSi/c18-8-4-7(14(21)9(19)5-8)6-20-2-1-3-22-15-11-10-12(15)17(22)13(10)16(11)22/h4-6,10-13,15-17,21H,1-3H2. The van der Waals surface area contributed by atoms with E-state index in [-0.39, 0.29) is 10.8 Å². The molecule has 22 heavy (non-hydrogen) atoms. The minimum Gasteiger partial charge on any atom is -0.506 e. The summed E-state index contributed by atoms with van der Waals surface area (Å²) in [5.41, 5.74) is 4.44. The van der Waals surface area contributed by atoms with Gasteiger partial charge < -0.3 is 5.11 Å². The largest absolute Gasteiger partial charge is 0.506 e. The maximum Gasteiger partial charge on any atom is 0.143 e. The summed E-state index contributed by atoms with van der Waals surface area (Å²) in [6.07, 6.45) is 2.95. The predicted molar refractivity (Wildman–Crippen MR) is 91.0 cm³/mol. The van der Waals surface area contributed by atoms with Gasteiger partial charge in [0.15, 0.2) is 0 Å². The van der Waals surface area contributed by atoms with E-state index in [2.05, 4.69) is 4.99 Å². The Hall–Kier alpha value is -0.513. The van der Waals surface area contributed by atoms with Crippen LogP contribution in [0.15, 0.2) is 17.1 Å². The van der Waals surface area contributed by atoms with Crippen LogP contribution in [-0.2, 0) is 0 Å². The molecule has 6 aliphatic rings. The minimum absolute atomic E-state index is 0.0745. The molecule has 0 atom stereocenters. The SMILES string of the molecule is Oc1c(Cl)cc(Cl)cc1C=NCCC[Si]12C3C4C5C3C1C5C42. The zero-order valence-electron chi connectivity index (χ0n) is 12.0. The summed E-state index contributed by atoms with van der Waals surface area (Å²) in [5, 5.41) is 10.7. The van der Waals surface area contributed by atoms with Crippen LogP contribution < -0.4 is 0 Å². The monoisotopic (exact) mass is 349 g/mol. The van der Waals surface area contributed by atoms with Gasteiger partial charge in [-0.2, -0.15) is 0 Å². The Balaban J connectivity index is 1.08. The van der Waals surface area contributed by atoms with Gasteiger partial charge in [0, 0.05) is 23.3 Å². The molecule has 7 rings (SSSR count). The molecule has 114 valence electrons. The summed E-state index contributed by atoms with van der Waals surface area (Å²) in [6.45, 7) is 0.869. The van der Waals surface area contributed by atoms with Gasteiger partial charge in [0.1, 0.15) is 5.75 Å². The number of nitrogens with zero attached hydrogens (tertiary/aromatic N) is 1. The van der Waals surface area contributed by atoms with Gasteiger partial charge in [-0.1, -0.05) is 29.2 Å². The van der Waals surface area contributed by atoms with Crippen LogP contribution in [-0.4, -0.2) is 25.9 Å². The van der Waals surface area contributed by atoms with Crippen molar-refractivity contribution in [1.82, 2.24) is 0 Å². The first kappa shape index (κ1) is 12.9. The van der Waals surface area contributed by atoms with Crippen molar-refractivity contribution >= 4 is 37.5 Å². The van der Waals surface area contributed by atoms with Crippen LogP contribution in [0.5, 0.6) is 5.75 Å². The molecular formula is C17H17Cl2NOSi. The molecule has 0 amide bonds. The third-order valence-electron chi connectivity index (χ3n) is 7.87. The zero-order chi connectivity index (χ0) is 14.8. The lowest BCUT2D eigenvalue weighted by Crippen LogP contribution is -3.03. The van der Waals surface area contributed by atoms with Gasteiger partial charge in [0.25, 0.3) is 0 Å². The molecule has 0 aromatic heterocycles. The van der Waals surface area contributed by atoms with Crippen molar-refractivity contribution in [2.45, 2.75) is 29.1 Å². The number of hydrogen-bond donors (Lipinski definition) is 1. The van der Waals surface area contributed by atoms with Crippen LogP contribution in [0.1, 0.15) is 12.0 Å². The van der Waals surface area contributed by atoms with Crippen LogP contribution in [0.3, 0.4) is 0 Å². The number of aliphatic imine (C=N–C) groups is 1. The smallest absolute Gasteiger partial charge is 0.143 e. The third kappa shape index (κ3) is 1.08. The van der Waals surface area contributed by atoms with E-state index < -0.39 is 8.07 Å². The average molecular weight is 350 g/mol. The van der Waals surface area contributed by atoms with E-state index in [0.717, 1.165) is 6.54 Å². The Morgan fingerprint density at radius 2 is 1.77 bits per heavy atom. The van der Waals surface area contributed by atoms with Gasteiger partial charge in [-0.05, 0) is 58.8 Å². The second-order valence-electron chi connectivity index (χ2n) is 7.96. The highest BCUT2D eigenvalue weighted by molar-refractivity contribution is 6.94. The van der Waals surface area contributed by atoms with Crippen molar-refractivity contribution in [2.24, 2.45) is 28.7 Å². The number of benzene rings is 1. The minimum atomic E-state index is -0.734. The summed E-state index contributed by atoms with van der Waals surface area (Å²) in [4.78, 5) is 4.49. The van der Waals surface area contributed by atoms with Crippen molar-refractivity contribution < 1.29 is 5.11 Å². The highest BCUT2D eigenvalue weighted by Gasteiger charge is 3.04. The highest BCUT2D eigenvalue weighted by Crippen LogP contribution is 3.09. The molecule has 1 aromatic rings. The van der Waals surface area contributed by atoms with Crippen molar-refractivity contribution in [1.29, 1.82) is 0 Å². The molecule has 3 saturated heterocycles. The van der Waals surface area contributed by atoms with Crippen LogP contribution in [0.4, 0.5) is 0 Å². The van der Waals surface area contributed by atoms with Gasteiger partial charge in [-0.25, -0.2) is 0 Å². The van der Waals surface area contributed by atoms with Crippen LogP contribution in [0.2, 0.25) is 32.7 Å². The molecule has 0 radical (unpaired) electrons. The number of phenols is 1. The normalized spacial score (nSPS) is 50.5. The number of rotatable bonds is 5. The molecule has 3 aliphatic carbocycles. The maximum absolute atomic E-state index is 9.90. The van der Waals surface area contributed by atoms with Gasteiger partial charge in [-0.15, -0.1) is 0 Å². The summed E-state index contributed by atoms with van der Waals surface area (Å²) >= 11 is 11.9. The molecule has 5 heteroatoms. The first-order valence-electron chi connectivity index (χ1n) is 8.34. The highest BCUT2D eigenvalue weighted by atomic mass is 35.5. The second-order valence-corrected chi connectivity index (χ2v) is 13.5. The molecule has 6 fully saturated rings. The van der Waals surface area contributed by atoms with E-state index in [0.29, 0.717) is 10.6 Å². The molecule has 3 heterocycles. The topological polar surface area (TPSA) is 32.6 Å². The fourth-order valence-electron chi connectivity index (χ4n) is 7.49. The summed E-state index contributed by atoms with van der Waals surface area (Å²) in [6, 6.07) is 4.77. The molecular weight excluding hydrogens is 333 g/mol.